The molecule has 1 aromatic rings. The predicted molar refractivity (Wildman–Crippen MR) is 72.4 cm³/mol. The molecule has 1 aliphatic carbocycles. The molecule has 0 radical (unpaired) electrons. The number of carbonyl (C=O) groups is 1. The number of aromatic nitrogens is 1. The second kappa shape index (κ2) is 6.15. The lowest BCUT2D eigenvalue weighted by molar-refractivity contribution is 0.0237. The molecule has 0 atom stereocenters. The van der Waals surface area contributed by atoms with Crippen molar-refractivity contribution in [1.29, 1.82) is 0 Å². The molecule has 1 fully saturated rings. The second-order valence-corrected chi connectivity index (χ2v) is 5.12. The molecule has 19 heavy (non-hydrogen) atoms. The summed E-state index contributed by atoms with van der Waals surface area (Å²) in [5, 5.41) is 10.6. The summed E-state index contributed by atoms with van der Waals surface area (Å²) in [7, 11) is 0. The van der Waals surface area contributed by atoms with E-state index in [2.05, 4.69) is 4.98 Å². The number of hydrogen-bond acceptors (Lipinski definition) is 4. The molecule has 0 saturated heterocycles. The number of hydrogen-bond donors (Lipinski definition) is 1. The molecule has 0 aromatic carbocycles. The van der Waals surface area contributed by atoms with Crippen molar-refractivity contribution in [2.45, 2.75) is 51.0 Å². The van der Waals surface area contributed by atoms with E-state index >= 15 is 0 Å². The summed E-state index contributed by atoms with van der Waals surface area (Å²) in [4.78, 5) is 16.5. The van der Waals surface area contributed by atoms with Crippen molar-refractivity contribution in [3.63, 3.8) is 0 Å². The number of nitrogens with zero attached hydrogens (tertiary/aromatic N) is 1. The van der Waals surface area contributed by atoms with Crippen LogP contribution in [0.4, 0.5) is 0 Å². The van der Waals surface area contributed by atoms with Gasteiger partial charge in [0.15, 0.2) is 5.78 Å². The van der Waals surface area contributed by atoms with E-state index < -0.39 is 5.60 Å². The van der Waals surface area contributed by atoms with Gasteiger partial charge in [0.2, 0.25) is 0 Å². The van der Waals surface area contributed by atoms with Gasteiger partial charge in [-0.2, -0.15) is 0 Å². The quantitative estimate of drug-likeness (QED) is 0.670. The van der Waals surface area contributed by atoms with Gasteiger partial charge in [-0.3, -0.25) is 9.78 Å². The van der Waals surface area contributed by atoms with Crippen LogP contribution in [0.15, 0.2) is 18.5 Å². The monoisotopic (exact) mass is 263 g/mol. The molecule has 2 rings (SSSR count). The molecule has 4 nitrogen and oxygen atoms in total. The number of aliphatic hydroxyl groups is 1. The highest BCUT2D eigenvalue weighted by Gasteiger charge is 2.36. The zero-order valence-electron chi connectivity index (χ0n) is 11.4. The number of ketones is 1. The number of Topliss-reactive ketones (excluding diaryl/α,β-unsaturated/α-hetero) is 1. The summed E-state index contributed by atoms with van der Waals surface area (Å²) < 4.78 is 5.35. The van der Waals surface area contributed by atoms with Crippen LogP contribution in [0, 0.1) is 0 Å². The van der Waals surface area contributed by atoms with Crippen LogP contribution < -0.4 is 4.74 Å². The first-order valence-corrected chi connectivity index (χ1v) is 7.01. The molecule has 0 aliphatic heterocycles. The van der Waals surface area contributed by atoms with Crippen molar-refractivity contribution in [2.75, 3.05) is 6.61 Å². The van der Waals surface area contributed by atoms with Gasteiger partial charge in [0.05, 0.1) is 12.8 Å². The third-order valence-corrected chi connectivity index (χ3v) is 3.64. The molecule has 0 bridgehead atoms. The van der Waals surface area contributed by atoms with Crippen LogP contribution in [-0.2, 0) is 0 Å². The largest absolute Gasteiger partial charge is 0.492 e. The summed E-state index contributed by atoms with van der Waals surface area (Å²) in [5.41, 5.74) is -0.779. The Kier molecular flexibility index (Phi) is 4.53. The Hall–Kier alpha value is -1.42. The van der Waals surface area contributed by atoms with Crippen molar-refractivity contribution in [1.82, 2.24) is 4.98 Å². The minimum atomic E-state index is -1.22. The average Bonchev–Trinajstić information content (AvgIpc) is 2.64. The molecule has 1 N–H and O–H groups in total. The van der Waals surface area contributed by atoms with Crippen molar-refractivity contribution in [3.8, 4) is 5.75 Å². The van der Waals surface area contributed by atoms with Crippen LogP contribution in [-0.4, -0.2) is 28.1 Å². The minimum absolute atomic E-state index is 0.219. The molecule has 1 aromatic heterocycles. The van der Waals surface area contributed by atoms with E-state index in [9.17, 15) is 9.90 Å². The van der Waals surface area contributed by atoms with Gasteiger partial charge in [-0.25, -0.2) is 0 Å². The van der Waals surface area contributed by atoms with Crippen LogP contribution in [0.5, 0.6) is 5.75 Å². The van der Waals surface area contributed by atoms with Crippen molar-refractivity contribution in [3.05, 3.63) is 24.0 Å². The van der Waals surface area contributed by atoms with Crippen molar-refractivity contribution in [2.24, 2.45) is 0 Å². The Morgan fingerprint density at radius 2 is 2.00 bits per heavy atom. The standard InChI is InChI=1S/C15H21NO3/c1-2-19-13-9-12(10-16-11-13)14(17)15(18)7-5-3-4-6-8-15/h9-11,18H,2-8H2,1H3. The fraction of sp³-hybridized carbons (Fsp3) is 0.600. The first kappa shape index (κ1) is 14.0. The summed E-state index contributed by atoms with van der Waals surface area (Å²) in [6.07, 6.45) is 8.17. The predicted octanol–water partition coefficient (Wildman–Crippen LogP) is 2.75. The van der Waals surface area contributed by atoms with Crippen LogP contribution in [0.2, 0.25) is 0 Å². The Morgan fingerprint density at radius 3 is 2.63 bits per heavy atom. The van der Waals surface area contributed by atoms with Crippen LogP contribution in [0.1, 0.15) is 55.8 Å². The Bertz CT molecular complexity index is 437. The average molecular weight is 263 g/mol. The van der Waals surface area contributed by atoms with E-state index in [0.717, 1.165) is 25.7 Å². The molecule has 0 amide bonds. The van der Waals surface area contributed by atoms with Gasteiger partial charge in [0.1, 0.15) is 11.4 Å². The van der Waals surface area contributed by atoms with E-state index in [4.69, 9.17) is 4.74 Å². The smallest absolute Gasteiger partial charge is 0.196 e. The maximum atomic E-state index is 12.5. The van der Waals surface area contributed by atoms with Crippen molar-refractivity contribution >= 4 is 5.78 Å². The van der Waals surface area contributed by atoms with Crippen LogP contribution >= 0.6 is 0 Å². The first-order valence-electron chi connectivity index (χ1n) is 7.01. The van der Waals surface area contributed by atoms with Crippen LogP contribution in [0.25, 0.3) is 0 Å². The maximum absolute atomic E-state index is 12.5. The topological polar surface area (TPSA) is 59.4 Å². The van der Waals surface area contributed by atoms with Gasteiger partial charge in [0, 0.05) is 11.8 Å². The van der Waals surface area contributed by atoms with E-state index in [1.807, 2.05) is 6.92 Å². The third kappa shape index (κ3) is 3.32. The van der Waals surface area contributed by atoms with Crippen LogP contribution in [0.3, 0.4) is 0 Å². The summed E-state index contributed by atoms with van der Waals surface area (Å²) in [6.45, 7) is 2.41. The van der Waals surface area contributed by atoms with Gasteiger partial charge in [-0.1, -0.05) is 25.7 Å². The number of ether oxygens (including phenoxy) is 1. The summed E-state index contributed by atoms with van der Waals surface area (Å²) >= 11 is 0. The molecule has 1 saturated carbocycles. The number of rotatable bonds is 4. The zero-order valence-corrected chi connectivity index (χ0v) is 11.4. The zero-order chi connectivity index (χ0) is 13.7. The van der Waals surface area contributed by atoms with Gasteiger partial charge < -0.3 is 9.84 Å². The number of pyridine rings is 1. The van der Waals surface area contributed by atoms with E-state index in [1.54, 1.807) is 12.3 Å². The highest BCUT2D eigenvalue weighted by Crippen LogP contribution is 2.30. The Morgan fingerprint density at radius 1 is 1.32 bits per heavy atom. The molecule has 1 heterocycles. The molecular weight excluding hydrogens is 242 g/mol. The third-order valence-electron chi connectivity index (χ3n) is 3.64. The first-order chi connectivity index (χ1) is 9.15. The van der Waals surface area contributed by atoms with Gasteiger partial charge in [-0.05, 0) is 25.8 Å². The molecule has 0 spiro atoms. The van der Waals surface area contributed by atoms with E-state index in [0.29, 0.717) is 30.8 Å². The summed E-state index contributed by atoms with van der Waals surface area (Å²) in [5.74, 6) is 0.356. The fourth-order valence-corrected chi connectivity index (χ4v) is 2.60. The molecular formula is C15H21NO3. The van der Waals surface area contributed by atoms with Gasteiger partial charge >= 0.3 is 0 Å². The lowest BCUT2D eigenvalue weighted by Gasteiger charge is -2.24. The Balaban J connectivity index is 2.19. The van der Waals surface area contributed by atoms with Gasteiger partial charge in [-0.15, -0.1) is 0 Å². The summed E-state index contributed by atoms with van der Waals surface area (Å²) in [6, 6.07) is 1.67. The highest BCUT2D eigenvalue weighted by molar-refractivity contribution is 6.02. The fourth-order valence-electron chi connectivity index (χ4n) is 2.60. The Labute approximate surface area is 113 Å². The molecule has 1 aliphatic rings. The molecule has 0 unspecified atom stereocenters. The lowest BCUT2D eigenvalue weighted by atomic mass is 9.86. The second-order valence-electron chi connectivity index (χ2n) is 5.12. The minimum Gasteiger partial charge on any atom is -0.492 e. The normalized spacial score (nSPS) is 18.6. The molecule has 104 valence electrons. The van der Waals surface area contributed by atoms with Crippen molar-refractivity contribution < 1.29 is 14.6 Å². The van der Waals surface area contributed by atoms with E-state index in [1.165, 1.54) is 6.20 Å². The SMILES string of the molecule is CCOc1cncc(C(=O)C2(O)CCCCCC2)c1. The van der Waals surface area contributed by atoms with E-state index in [-0.39, 0.29) is 5.78 Å². The highest BCUT2D eigenvalue weighted by atomic mass is 16.5. The molecule has 4 heteroatoms. The maximum Gasteiger partial charge on any atom is 0.196 e. The van der Waals surface area contributed by atoms with Gasteiger partial charge in [0.25, 0.3) is 0 Å². The number of carbonyl (C=O) groups excluding carboxylic acids is 1. The lowest BCUT2D eigenvalue weighted by Crippen LogP contribution is -2.38.